The van der Waals surface area contributed by atoms with Crippen molar-refractivity contribution in [1.82, 2.24) is 9.88 Å². The summed E-state index contributed by atoms with van der Waals surface area (Å²) in [6, 6.07) is 8.40. The fourth-order valence-electron chi connectivity index (χ4n) is 3.97. The number of carbonyl (C=O) groups excluding carboxylic acids is 3. The largest absolute Gasteiger partial charge is 0.500 e. The van der Waals surface area contributed by atoms with Crippen LogP contribution in [0.1, 0.15) is 13.8 Å². The predicted octanol–water partition coefficient (Wildman–Crippen LogP) is 3.82. The third-order valence-corrected chi connectivity index (χ3v) is 5.90. The predicted molar refractivity (Wildman–Crippen MR) is 133 cm³/mol. The Kier molecular flexibility index (Phi) is 7.32. The Morgan fingerprint density at radius 2 is 1.78 bits per heavy atom. The summed E-state index contributed by atoms with van der Waals surface area (Å²) in [6.07, 6.45) is 2.81. The number of methoxy groups -OCH3 is 2. The minimum absolute atomic E-state index is 0.0829. The fraction of sp³-hybridized carbons (Fsp3) is 0.269. The molecule has 2 heterocycles. The van der Waals surface area contributed by atoms with Crippen LogP contribution < -0.4 is 19.5 Å². The lowest BCUT2D eigenvalue weighted by Gasteiger charge is -2.21. The van der Waals surface area contributed by atoms with Crippen LogP contribution in [0.5, 0.6) is 23.0 Å². The molecular weight excluding hydrogens is 483 g/mol. The molecule has 1 atom stereocenters. The zero-order valence-electron chi connectivity index (χ0n) is 20.8. The number of pyridine rings is 1. The normalized spacial score (nSPS) is 15.4. The van der Waals surface area contributed by atoms with Gasteiger partial charge in [0.15, 0.2) is 29.0 Å². The van der Waals surface area contributed by atoms with Crippen molar-refractivity contribution in [3.8, 4) is 23.0 Å². The van der Waals surface area contributed by atoms with Crippen LogP contribution in [0.4, 0.5) is 14.9 Å². The number of imide groups is 1. The summed E-state index contributed by atoms with van der Waals surface area (Å²) in [5, 5.41) is 3.13. The van der Waals surface area contributed by atoms with Crippen LogP contribution in [0.2, 0.25) is 0 Å². The number of amides is 4. The van der Waals surface area contributed by atoms with E-state index in [2.05, 4.69) is 10.3 Å². The first-order valence-electron chi connectivity index (χ1n) is 11.6. The molecule has 4 rings (SSSR count). The number of aromatic nitrogens is 1. The van der Waals surface area contributed by atoms with Crippen LogP contribution in [0.15, 0.2) is 42.6 Å². The van der Waals surface area contributed by atoms with E-state index in [-0.39, 0.29) is 18.0 Å². The zero-order valence-corrected chi connectivity index (χ0v) is 20.8. The van der Waals surface area contributed by atoms with Crippen LogP contribution in [0.3, 0.4) is 0 Å². The Morgan fingerprint density at radius 1 is 1.05 bits per heavy atom. The molecule has 10 nitrogen and oxygen atoms in total. The van der Waals surface area contributed by atoms with E-state index in [1.165, 1.54) is 43.3 Å². The molecule has 1 unspecified atom stereocenters. The molecule has 192 valence electrons. The molecule has 0 saturated carbocycles. The second-order valence-corrected chi connectivity index (χ2v) is 8.05. The molecule has 3 aromatic rings. The van der Waals surface area contributed by atoms with Gasteiger partial charge in [-0.2, -0.15) is 9.69 Å². The molecule has 37 heavy (non-hydrogen) atoms. The van der Waals surface area contributed by atoms with E-state index in [9.17, 15) is 18.8 Å². The second-order valence-electron chi connectivity index (χ2n) is 8.05. The summed E-state index contributed by atoms with van der Waals surface area (Å²) in [4.78, 5) is 43.1. The SMILES string of the molecule is CCN1C(=O)C(C(=O)Nc2ccc(Oc3ccnc4cc(OC)c(OC)cc34)c(F)c2)C=[N+](CC)C1=O. The molecule has 1 aliphatic heterocycles. The molecule has 4 amide bonds. The third kappa shape index (κ3) is 4.92. The minimum atomic E-state index is -1.22. The summed E-state index contributed by atoms with van der Waals surface area (Å²) < 4.78 is 32.8. The second kappa shape index (κ2) is 10.6. The van der Waals surface area contributed by atoms with Gasteiger partial charge in [-0.05, 0) is 38.1 Å². The van der Waals surface area contributed by atoms with Crippen molar-refractivity contribution in [3.63, 3.8) is 0 Å². The van der Waals surface area contributed by atoms with E-state index >= 15 is 0 Å². The van der Waals surface area contributed by atoms with Gasteiger partial charge in [-0.3, -0.25) is 9.78 Å². The van der Waals surface area contributed by atoms with Gasteiger partial charge in [0.1, 0.15) is 5.75 Å². The maximum atomic E-state index is 15.0. The van der Waals surface area contributed by atoms with Gasteiger partial charge < -0.3 is 19.5 Å². The van der Waals surface area contributed by atoms with E-state index in [1.807, 2.05) is 0 Å². The first kappa shape index (κ1) is 25.5. The lowest BCUT2D eigenvalue weighted by Crippen LogP contribution is -2.53. The van der Waals surface area contributed by atoms with Crippen molar-refractivity contribution < 1.29 is 37.6 Å². The molecule has 0 saturated heterocycles. The zero-order chi connectivity index (χ0) is 26.7. The Labute approximate surface area is 212 Å². The fourth-order valence-corrected chi connectivity index (χ4v) is 3.97. The summed E-state index contributed by atoms with van der Waals surface area (Å²) in [5.41, 5.74) is 0.693. The number of rotatable bonds is 8. The molecular formula is C26H26FN4O6+. The lowest BCUT2D eigenvalue weighted by atomic mass is 10.1. The molecule has 1 aliphatic rings. The van der Waals surface area contributed by atoms with Crippen LogP contribution in [0.25, 0.3) is 10.9 Å². The monoisotopic (exact) mass is 509 g/mol. The van der Waals surface area contributed by atoms with Crippen LogP contribution in [-0.4, -0.2) is 65.8 Å². The van der Waals surface area contributed by atoms with E-state index in [0.717, 1.165) is 11.0 Å². The summed E-state index contributed by atoms with van der Waals surface area (Å²) in [5.74, 6) is -2.04. The van der Waals surface area contributed by atoms with Crippen molar-refractivity contribution in [1.29, 1.82) is 0 Å². The highest BCUT2D eigenvalue weighted by Gasteiger charge is 2.45. The highest BCUT2D eigenvalue weighted by molar-refractivity contribution is 6.20. The van der Waals surface area contributed by atoms with E-state index in [0.29, 0.717) is 34.7 Å². The van der Waals surface area contributed by atoms with E-state index in [1.54, 1.807) is 32.0 Å². The van der Waals surface area contributed by atoms with Crippen molar-refractivity contribution >= 4 is 40.7 Å². The maximum Gasteiger partial charge on any atom is 0.500 e. The number of hydrogen-bond acceptors (Lipinski definition) is 7. The summed E-state index contributed by atoms with van der Waals surface area (Å²) in [6.45, 7) is 3.82. The maximum absolute atomic E-state index is 15.0. The number of urea groups is 1. The first-order chi connectivity index (χ1) is 17.8. The van der Waals surface area contributed by atoms with Crippen LogP contribution >= 0.6 is 0 Å². The van der Waals surface area contributed by atoms with Gasteiger partial charge in [0.05, 0.1) is 39.0 Å². The molecule has 1 N–H and O–H groups in total. The lowest BCUT2D eigenvalue weighted by molar-refractivity contribution is -0.431. The average molecular weight is 510 g/mol. The Bertz CT molecular complexity index is 1420. The number of fused-ring (bicyclic) bond motifs is 1. The number of nitrogens with one attached hydrogen (secondary N) is 1. The molecule has 0 fully saturated rings. The Balaban J connectivity index is 1.56. The van der Waals surface area contributed by atoms with Crippen LogP contribution in [0, 0.1) is 11.7 Å². The number of carbonyl (C=O) groups is 3. The number of benzene rings is 2. The molecule has 2 aromatic carbocycles. The van der Waals surface area contributed by atoms with Crippen molar-refractivity contribution in [2.45, 2.75) is 13.8 Å². The minimum Gasteiger partial charge on any atom is -0.493 e. The number of anilines is 1. The molecule has 11 heteroatoms. The van der Waals surface area contributed by atoms with E-state index in [4.69, 9.17) is 14.2 Å². The first-order valence-corrected chi connectivity index (χ1v) is 11.6. The van der Waals surface area contributed by atoms with E-state index < -0.39 is 29.6 Å². The van der Waals surface area contributed by atoms with Gasteiger partial charge in [-0.25, -0.2) is 13.8 Å². The smallest absolute Gasteiger partial charge is 0.493 e. The van der Waals surface area contributed by atoms with Gasteiger partial charge >= 0.3 is 11.9 Å². The number of ether oxygens (including phenoxy) is 3. The van der Waals surface area contributed by atoms with Gasteiger partial charge in [-0.15, -0.1) is 0 Å². The van der Waals surface area contributed by atoms with Crippen molar-refractivity contribution in [2.75, 3.05) is 32.6 Å². The Morgan fingerprint density at radius 3 is 2.43 bits per heavy atom. The molecule has 0 spiro atoms. The average Bonchev–Trinajstić information content (AvgIpc) is 2.89. The quantitative estimate of drug-likeness (QED) is 0.363. The van der Waals surface area contributed by atoms with Gasteiger partial charge in [0, 0.05) is 29.4 Å². The number of hydrogen-bond donors (Lipinski definition) is 1. The highest BCUT2D eigenvalue weighted by atomic mass is 19.1. The summed E-state index contributed by atoms with van der Waals surface area (Å²) >= 11 is 0. The number of nitrogens with zero attached hydrogens (tertiary/aromatic N) is 3. The number of halogens is 1. The van der Waals surface area contributed by atoms with Crippen LogP contribution in [-0.2, 0) is 9.59 Å². The Hall–Kier alpha value is -4.54. The van der Waals surface area contributed by atoms with Crippen molar-refractivity contribution in [3.05, 3.63) is 48.4 Å². The topological polar surface area (TPSA) is 110 Å². The molecule has 1 aromatic heterocycles. The van der Waals surface area contributed by atoms with Gasteiger partial charge in [-0.1, -0.05) is 0 Å². The third-order valence-electron chi connectivity index (χ3n) is 5.90. The van der Waals surface area contributed by atoms with Gasteiger partial charge in [0.25, 0.3) is 0 Å². The molecule has 0 bridgehead atoms. The van der Waals surface area contributed by atoms with Crippen molar-refractivity contribution in [2.24, 2.45) is 5.92 Å². The highest BCUT2D eigenvalue weighted by Crippen LogP contribution is 2.37. The standard InChI is InChI=1S/C26H25FN4O6/c1-5-30-14-17(25(33)31(6-2)26(30)34)24(32)29-15-7-8-21(18(27)11-15)37-20-9-10-28-19-13-23(36-4)22(35-3)12-16(19)20/h7-14,17H,5-6H2,1-4H3/p+1. The summed E-state index contributed by atoms with van der Waals surface area (Å²) in [7, 11) is 3.02. The molecule has 0 aliphatic carbocycles. The molecule has 0 radical (unpaired) electrons. The van der Waals surface area contributed by atoms with Gasteiger partial charge in [0.2, 0.25) is 5.91 Å².